The van der Waals surface area contributed by atoms with Gasteiger partial charge in [0.1, 0.15) is 17.5 Å². The SMILES string of the molecule is COc1ccc(N(C)C(=O)[C@@H](NS(=O)(=O)c2ccc3c(c2)CCC(=O)N3)c2ccccc2)c(OC)c1. The second-order valence-corrected chi connectivity index (χ2v) is 9.98. The highest BCUT2D eigenvalue weighted by atomic mass is 32.2. The molecule has 0 bridgehead atoms. The zero-order valence-corrected chi connectivity index (χ0v) is 21.0. The highest BCUT2D eigenvalue weighted by molar-refractivity contribution is 7.89. The molecule has 1 atom stereocenters. The lowest BCUT2D eigenvalue weighted by Gasteiger charge is -2.26. The molecule has 2 amide bonds. The highest BCUT2D eigenvalue weighted by Crippen LogP contribution is 2.33. The van der Waals surface area contributed by atoms with Gasteiger partial charge in [-0.05, 0) is 47.9 Å². The number of amides is 2. The average molecular weight is 510 g/mol. The molecule has 0 unspecified atom stereocenters. The summed E-state index contributed by atoms with van der Waals surface area (Å²) in [6.07, 6.45) is 0.717. The number of aryl methyl sites for hydroxylation is 1. The number of carbonyl (C=O) groups excluding carboxylic acids is 2. The maximum Gasteiger partial charge on any atom is 0.249 e. The van der Waals surface area contributed by atoms with Crippen molar-refractivity contribution in [3.05, 3.63) is 77.9 Å². The molecule has 36 heavy (non-hydrogen) atoms. The molecule has 0 aliphatic carbocycles. The molecular formula is C26H27N3O6S. The quantitative estimate of drug-likeness (QED) is 0.482. The van der Waals surface area contributed by atoms with E-state index in [1.54, 1.807) is 61.6 Å². The number of hydrogen-bond donors (Lipinski definition) is 2. The number of carbonyl (C=O) groups is 2. The molecule has 4 rings (SSSR count). The van der Waals surface area contributed by atoms with Crippen molar-refractivity contribution in [1.82, 2.24) is 4.72 Å². The summed E-state index contributed by atoms with van der Waals surface area (Å²) in [6, 6.07) is 16.9. The van der Waals surface area contributed by atoms with Gasteiger partial charge in [-0.3, -0.25) is 9.59 Å². The third-order valence-corrected chi connectivity index (χ3v) is 7.43. The summed E-state index contributed by atoms with van der Waals surface area (Å²) in [5.41, 5.74) is 2.25. The summed E-state index contributed by atoms with van der Waals surface area (Å²) in [4.78, 5) is 26.7. The molecule has 1 heterocycles. The predicted octanol–water partition coefficient (Wildman–Crippen LogP) is 3.27. The van der Waals surface area contributed by atoms with Crippen molar-refractivity contribution in [1.29, 1.82) is 0 Å². The van der Waals surface area contributed by atoms with Gasteiger partial charge in [-0.25, -0.2) is 8.42 Å². The van der Waals surface area contributed by atoms with Crippen LogP contribution in [0.5, 0.6) is 11.5 Å². The van der Waals surface area contributed by atoms with Gasteiger partial charge in [-0.15, -0.1) is 0 Å². The van der Waals surface area contributed by atoms with E-state index in [0.717, 1.165) is 5.56 Å². The topological polar surface area (TPSA) is 114 Å². The normalized spacial score (nSPS) is 13.8. The first-order valence-corrected chi connectivity index (χ1v) is 12.7. The van der Waals surface area contributed by atoms with Gasteiger partial charge in [0.2, 0.25) is 21.8 Å². The zero-order valence-electron chi connectivity index (χ0n) is 20.1. The number of nitrogens with one attached hydrogen (secondary N) is 2. The van der Waals surface area contributed by atoms with E-state index in [1.165, 1.54) is 31.3 Å². The van der Waals surface area contributed by atoms with E-state index in [2.05, 4.69) is 10.0 Å². The lowest BCUT2D eigenvalue weighted by atomic mass is 10.0. The molecule has 0 saturated carbocycles. The van der Waals surface area contributed by atoms with Crippen LogP contribution in [0.25, 0.3) is 0 Å². The molecule has 0 saturated heterocycles. The molecule has 0 spiro atoms. The van der Waals surface area contributed by atoms with Crippen LogP contribution < -0.4 is 24.4 Å². The first-order valence-electron chi connectivity index (χ1n) is 11.2. The molecule has 9 nitrogen and oxygen atoms in total. The molecular weight excluding hydrogens is 482 g/mol. The number of sulfonamides is 1. The van der Waals surface area contributed by atoms with Crippen molar-refractivity contribution in [3.8, 4) is 11.5 Å². The predicted molar refractivity (Wildman–Crippen MR) is 136 cm³/mol. The molecule has 2 N–H and O–H groups in total. The fourth-order valence-electron chi connectivity index (χ4n) is 4.03. The molecule has 3 aromatic carbocycles. The van der Waals surface area contributed by atoms with Crippen LogP contribution >= 0.6 is 0 Å². The minimum Gasteiger partial charge on any atom is -0.497 e. The van der Waals surface area contributed by atoms with E-state index < -0.39 is 22.0 Å². The number of methoxy groups -OCH3 is 2. The third-order valence-electron chi connectivity index (χ3n) is 6.01. The monoisotopic (exact) mass is 509 g/mol. The van der Waals surface area contributed by atoms with Crippen LogP contribution in [0.4, 0.5) is 11.4 Å². The Hall–Kier alpha value is -3.89. The van der Waals surface area contributed by atoms with Crippen LogP contribution in [0, 0.1) is 0 Å². The van der Waals surface area contributed by atoms with Crippen LogP contribution in [0.1, 0.15) is 23.6 Å². The third kappa shape index (κ3) is 5.19. The van der Waals surface area contributed by atoms with Crippen LogP contribution in [0.3, 0.4) is 0 Å². The Morgan fingerprint density at radius 2 is 1.75 bits per heavy atom. The Bertz CT molecular complexity index is 1390. The van der Waals surface area contributed by atoms with E-state index in [0.29, 0.717) is 34.9 Å². The van der Waals surface area contributed by atoms with E-state index in [1.807, 2.05) is 0 Å². The Labute approximate surface area is 210 Å². The minimum atomic E-state index is -4.10. The summed E-state index contributed by atoms with van der Waals surface area (Å²) in [7, 11) is 0.455. The van der Waals surface area contributed by atoms with Crippen molar-refractivity contribution in [3.63, 3.8) is 0 Å². The second-order valence-electron chi connectivity index (χ2n) is 8.27. The van der Waals surface area contributed by atoms with Gasteiger partial charge >= 0.3 is 0 Å². The fraction of sp³-hybridized carbons (Fsp3) is 0.231. The Morgan fingerprint density at radius 3 is 2.44 bits per heavy atom. The van der Waals surface area contributed by atoms with Crippen molar-refractivity contribution >= 4 is 33.2 Å². The number of ether oxygens (including phenoxy) is 2. The number of hydrogen-bond acceptors (Lipinski definition) is 6. The van der Waals surface area contributed by atoms with Gasteiger partial charge in [0.15, 0.2) is 0 Å². The molecule has 0 radical (unpaired) electrons. The molecule has 1 aliphatic rings. The second kappa shape index (κ2) is 10.4. The van der Waals surface area contributed by atoms with E-state index in [4.69, 9.17) is 9.47 Å². The van der Waals surface area contributed by atoms with Crippen molar-refractivity contribution in [2.45, 2.75) is 23.8 Å². The Morgan fingerprint density at radius 1 is 1.00 bits per heavy atom. The molecule has 10 heteroatoms. The fourth-order valence-corrected chi connectivity index (χ4v) is 5.26. The molecule has 3 aromatic rings. The summed E-state index contributed by atoms with van der Waals surface area (Å²) >= 11 is 0. The van der Waals surface area contributed by atoms with Crippen molar-refractivity contribution in [2.75, 3.05) is 31.5 Å². The smallest absolute Gasteiger partial charge is 0.249 e. The van der Waals surface area contributed by atoms with Crippen LogP contribution in [-0.4, -0.2) is 41.5 Å². The maximum absolute atomic E-state index is 13.7. The highest BCUT2D eigenvalue weighted by Gasteiger charge is 2.31. The van der Waals surface area contributed by atoms with E-state index in [9.17, 15) is 18.0 Å². The number of benzene rings is 3. The minimum absolute atomic E-state index is 0.0100. The van der Waals surface area contributed by atoms with Gasteiger partial charge in [-0.1, -0.05) is 30.3 Å². The first-order chi connectivity index (χ1) is 17.2. The zero-order chi connectivity index (χ0) is 25.9. The van der Waals surface area contributed by atoms with Crippen LogP contribution in [-0.2, 0) is 26.0 Å². The summed E-state index contributed by atoms with van der Waals surface area (Å²) in [6.45, 7) is 0. The number of fused-ring (bicyclic) bond motifs is 1. The van der Waals surface area contributed by atoms with Gasteiger partial charge in [-0.2, -0.15) is 4.72 Å². The van der Waals surface area contributed by atoms with Crippen molar-refractivity contribution in [2.24, 2.45) is 0 Å². The van der Waals surface area contributed by atoms with Gasteiger partial charge in [0.05, 0.1) is 24.8 Å². The van der Waals surface area contributed by atoms with Gasteiger partial charge < -0.3 is 19.7 Å². The Balaban J connectivity index is 1.68. The average Bonchev–Trinajstić information content (AvgIpc) is 2.90. The number of nitrogens with zero attached hydrogens (tertiary/aromatic N) is 1. The lowest BCUT2D eigenvalue weighted by Crippen LogP contribution is -2.41. The van der Waals surface area contributed by atoms with E-state index in [-0.39, 0.29) is 17.2 Å². The van der Waals surface area contributed by atoms with Crippen LogP contribution in [0.15, 0.2) is 71.6 Å². The number of anilines is 2. The van der Waals surface area contributed by atoms with E-state index >= 15 is 0 Å². The van der Waals surface area contributed by atoms with Crippen molar-refractivity contribution < 1.29 is 27.5 Å². The summed E-state index contributed by atoms with van der Waals surface area (Å²) < 4.78 is 40.1. The molecule has 188 valence electrons. The van der Waals surface area contributed by atoms with Crippen LogP contribution in [0.2, 0.25) is 0 Å². The number of likely N-dealkylation sites (N-methyl/N-ethyl adjacent to an activating group) is 1. The largest absolute Gasteiger partial charge is 0.497 e. The molecule has 1 aliphatic heterocycles. The Kier molecular flexibility index (Phi) is 7.27. The maximum atomic E-state index is 13.7. The first kappa shape index (κ1) is 25.2. The van der Waals surface area contributed by atoms with Gasteiger partial charge in [0, 0.05) is 25.2 Å². The summed E-state index contributed by atoms with van der Waals surface area (Å²) in [5, 5.41) is 2.74. The van der Waals surface area contributed by atoms with Gasteiger partial charge in [0.25, 0.3) is 0 Å². The molecule has 0 fully saturated rings. The summed E-state index contributed by atoms with van der Waals surface area (Å²) in [5.74, 6) is 0.346. The molecule has 0 aromatic heterocycles. The number of rotatable bonds is 8. The standard InChI is InChI=1S/C26H27N3O6S/c1-29(22-13-10-19(34-2)16-23(22)35-3)26(31)25(17-7-5-4-6-8-17)28-36(32,33)20-11-12-21-18(15-20)9-14-24(30)27-21/h4-8,10-13,15-16,25,28H,9,14H2,1-3H3,(H,27,30)/t25-/m0/s1. The lowest BCUT2D eigenvalue weighted by molar-refractivity contribution is -0.120.